The molecule has 0 N–H and O–H groups in total. The predicted octanol–water partition coefficient (Wildman–Crippen LogP) is 4.29. The lowest BCUT2D eigenvalue weighted by Crippen LogP contribution is -2.53. The van der Waals surface area contributed by atoms with E-state index in [1.165, 1.54) is 24.8 Å². The molecule has 0 spiro atoms. The Bertz CT molecular complexity index is 375. The third kappa shape index (κ3) is 1.80. The minimum absolute atomic E-state index is 0.110. The molecule has 3 saturated carbocycles. The number of hydrogen-bond donors (Lipinski definition) is 0. The molecule has 3 fully saturated rings. The summed E-state index contributed by atoms with van der Waals surface area (Å²) in [6, 6.07) is 0. The van der Waals surface area contributed by atoms with E-state index in [-0.39, 0.29) is 16.6 Å². The molecule has 0 amide bonds. The molecule has 1 heteroatoms. The first-order valence-corrected chi connectivity index (χ1v) is 6.84. The first kappa shape index (κ1) is 12.6. The van der Waals surface area contributed by atoms with Crippen molar-refractivity contribution >= 4 is 5.78 Å². The van der Waals surface area contributed by atoms with Crippen LogP contribution in [0.25, 0.3) is 0 Å². The zero-order valence-corrected chi connectivity index (χ0v) is 11.4. The Morgan fingerprint density at radius 1 is 1.53 bits per heavy atom. The van der Waals surface area contributed by atoms with E-state index in [4.69, 9.17) is 0 Å². The smallest absolute Gasteiger partial charge is 0.155 e. The highest BCUT2D eigenvalue weighted by Gasteiger charge is 2.58. The number of carbonyl (C=O) groups is 1. The maximum Gasteiger partial charge on any atom is 0.155 e. The van der Waals surface area contributed by atoms with Crippen molar-refractivity contribution in [1.29, 1.82) is 0 Å². The monoisotopic (exact) mass is 232 g/mol. The average Bonchev–Trinajstić information content (AvgIpc) is 2.26. The topological polar surface area (TPSA) is 17.1 Å². The molecular weight excluding hydrogens is 208 g/mol. The largest absolute Gasteiger partial charge is 0.295 e. The van der Waals surface area contributed by atoms with Crippen LogP contribution < -0.4 is 0 Å². The Hall–Kier alpha value is -0.850. The molecular formula is C16H24O. The fourth-order valence-electron chi connectivity index (χ4n) is 3.59. The van der Waals surface area contributed by atoms with Crippen molar-refractivity contribution in [2.45, 2.75) is 52.9 Å². The third-order valence-corrected chi connectivity index (χ3v) is 5.01. The molecule has 94 valence electrons. The number of ketones is 1. The van der Waals surface area contributed by atoms with Crippen LogP contribution in [0.2, 0.25) is 0 Å². The van der Waals surface area contributed by atoms with E-state index in [1.807, 2.05) is 13.0 Å². The van der Waals surface area contributed by atoms with E-state index < -0.39 is 0 Å². The lowest BCUT2D eigenvalue weighted by molar-refractivity contribution is -0.114. The summed E-state index contributed by atoms with van der Waals surface area (Å²) >= 11 is 0. The van der Waals surface area contributed by atoms with Crippen LogP contribution in [0.1, 0.15) is 52.9 Å². The number of allylic oxidation sites excluding steroid dienone is 3. The van der Waals surface area contributed by atoms with Crippen LogP contribution in [0.5, 0.6) is 0 Å². The van der Waals surface area contributed by atoms with Gasteiger partial charge >= 0.3 is 0 Å². The molecule has 0 aromatic carbocycles. The first-order valence-electron chi connectivity index (χ1n) is 6.84. The second-order valence-electron chi connectivity index (χ2n) is 6.37. The molecule has 0 aromatic rings. The fourth-order valence-corrected chi connectivity index (χ4v) is 3.59. The first-order chi connectivity index (χ1) is 7.93. The minimum atomic E-state index is 0.110. The molecule has 0 unspecified atom stereocenters. The number of rotatable bonds is 4. The van der Waals surface area contributed by atoms with Gasteiger partial charge < -0.3 is 0 Å². The normalized spacial score (nSPS) is 34.8. The molecule has 0 heterocycles. The Balaban J connectivity index is 2.18. The number of fused-ring (bicyclic) bond motifs is 2. The highest BCUT2D eigenvalue weighted by Crippen LogP contribution is 2.67. The van der Waals surface area contributed by atoms with Gasteiger partial charge in [-0.15, -0.1) is 0 Å². The van der Waals surface area contributed by atoms with E-state index in [9.17, 15) is 4.79 Å². The van der Waals surface area contributed by atoms with Gasteiger partial charge in [-0.1, -0.05) is 39.0 Å². The maximum absolute atomic E-state index is 11.6. The van der Waals surface area contributed by atoms with Gasteiger partial charge in [-0.25, -0.2) is 0 Å². The molecule has 0 radical (unpaired) electrons. The molecule has 3 aliphatic rings. The number of carbonyl (C=O) groups excluding carboxylic acids is 1. The highest BCUT2D eigenvalue weighted by atomic mass is 16.1. The Kier molecular flexibility index (Phi) is 3.05. The quantitative estimate of drug-likeness (QED) is 0.522. The van der Waals surface area contributed by atoms with Crippen LogP contribution in [0, 0.1) is 16.7 Å². The lowest BCUT2D eigenvalue weighted by Gasteiger charge is -2.62. The van der Waals surface area contributed by atoms with Gasteiger partial charge in [0.05, 0.1) is 0 Å². The van der Waals surface area contributed by atoms with Crippen LogP contribution in [-0.2, 0) is 4.79 Å². The highest BCUT2D eigenvalue weighted by molar-refractivity contribution is 5.89. The van der Waals surface area contributed by atoms with Crippen LogP contribution in [0.15, 0.2) is 24.3 Å². The van der Waals surface area contributed by atoms with E-state index in [0.717, 1.165) is 6.42 Å². The van der Waals surface area contributed by atoms with Gasteiger partial charge in [0.15, 0.2) is 5.78 Å². The van der Waals surface area contributed by atoms with Crippen molar-refractivity contribution in [3.63, 3.8) is 0 Å². The van der Waals surface area contributed by atoms with Crippen molar-refractivity contribution in [2.75, 3.05) is 0 Å². The van der Waals surface area contributed by atoms with Crippen molar-refractivity contribution < 1.29 is 4.79 Å². The van der Waals surface area contributed by atoms with E-state index >= 15 is 0 Å². The Labute approximate surface area is 105 Å². The van der Waals surface area contributed by atoms with Crippen LogP contribution >= 0.6 is 0 Å². The summed E-state index contributed by atoms with van der Waals surface area (Å²) in [6.07, 6.45) is 9.33. The van der Waals surface area contributed by atoms with Crippen molar-refractivity contribution in [3.05, 3.63) is 24.3 Å². The summed E-state index contributed by atoms with van der Waals surface area (Å²) in [4.78, 5) is 11.6. The van der Waals surface area contributed by atoms with Crippen LogP contribution in [0.3, 0.4) is 0 Å². The minimum Gasteiger partial charge on any atom is -0.295 e. The predicted molar refractivity (Wildman–Crippen MR) is 71.8 cm³/mol. The van der Waals surface area contributed by atoms with Crippen LogP contribution in [0.4, 0.5) is 0 Å². The molecule has 2 atom stereocenters. The molecule has 1 nitrogen and oxygen atoms in total. The zero-order chi connectivity index (χ0) is 12.7. The third-order valence-electron chi connectivity index (χ3n) is 5.01. The van der Waals surface area contributed by atoms with Crippen molar-refractivity contribution in [2.24, 2.45) is 16.7 Å². The molecule has 0 aromatic heterocycles. The van der Waals surface area contributed by atoms with E-state index in [2.05, 4.69) is 26.5 Å². The summed E-state index contributed by atoms with van der Waals surface area (Å²) in [6.45, 7) is 11.0. The summed E-state index contributed by atoms with van der Waals surface area (Å²) in [7, 11) is 0. The number of hydrogen-bond acceptors (Lipinski definition) is 1. The van der Waals surface area contributed by atoms with Gasteiger partial charge in [0.25, 0.3) is 0 Å². The van der Waals surface area contributed by atoms with Gasteiger partial charge in [0.2, 0.25) is 0 Å². The van der Waals surface area contributed by atoms with Gasteiger partial charge in [0.1, 0.15) is 0 Å². The fraction of sp³-hybridized carbons (Fsp3) is 0.688. The molecule has 0 saturated heterocycles. The molecule has 17 heavy (non-hydrogen) atoms. The van der Waals surface area contributed by atoms with Gasteiger partial charge in [-0.3, -0.25) is 4.79 Å². The SMILES string of the molecule is C=C1[C@H]2CCC(C)(C)[C@]1(/C=C/C(=O)CCC)C2. The van der Waals surface area contributed by atoms with E-state index in [0.29, 0.717) is 12.3 Å². The lowest BCUT2D eigenvalue weighted by atomic mass is 9.41. The summed E-state index contributed by atoms with van der Waals surface area (Å²) in [5.41, 5.74) is 1.75. The Morgan fingerprint density at radius 3 is 2.76 bits per heavy atom. The van der Waals surface area contributed by atoms with Crippen LogP contribution in [-0.4, -0.2) is 5.78 Å². The molecule has 3 aliphatic carbocycles. The van der Waals surface area contributed by atoms with Gasteiger partial charge in [0, 0.05) is 11.8 Å². The maximum atomic E-state index is 11.6. The average molecular weight is 232 g/mol. The van der Waals surface area contributed by atoms with Crippen molar-refractivity contribution in [1.82, 2.24) is 0 Å². The second-order valence-corrected chi connectivity index (χ2v) is 6.37. The van der Waals surface area contributed by atoms with Crippen molar-refractivity contribution in [3.8, 4) is 0 Å². The van der Waals surface area contributed by atoms with Gasteiger partial charge in [-0.05, 0) is 43.1 Å². The summed E-state index contributed by atoms with van der Waals surface area (Å²) in [5, 5.41) is 0. The molecule has 3 rings (SSSR count). The Morgan fingerprint density at radius 2 is 2.24 bits per heavy atom. The summed E-state index contributed by atoms with van der Waals surface area (Å²) < 4.78 is 0. The standard InChI is InChI=1S/C16H24O/c1-5-6-14(17)8-10-16-11-13(12(16)2)7-9-15(16,3)4/h8,10,13H,2,5-7,9,11H2,1,3-4H3/b10-8+/t13-,16+/m0/s1. The molecule has 2 bridgehead atoms. The summed E-state index contributed by atoms with van der Waals surface area (Å²) in [5.74, 6) is 0.980. The van der Waals surface area contributed by atoms with Gasteiger partial charge in [-0.2, -0.15) is 0 Å². The van der Waals surface area contributed by atoms with E-state index in [1.54, 1.807) is 0 Å². The second kappa shape index (κ2) is 4.12. The zero-order valence-electron chi connectivity index (χ0n) is 11.4. The molecule has 0 aliphatic heterocycles.